The Kier molecular flexibility index (Phi) is 2.57. The van der Waals surface area contributed by atoms with Gasteiger partial charge < -0.3 is 21.6 Å². The van der Waals surface area contributed by atoms with Crippen LogP contribution in [0.15, 0.2) is 36.4 Å². The summed E-state index contributed by atoms with van der Waals surface area (Å²) in [5, 5.41) is 8.97. The average Bonchev–Trinajstić information content (AvgIpc) is 2.84. The van der Waals surface area contributed by atoms with E-state index in [9.17, 15) is 4.79 Å². The van der Waals surface area contributed by atoms with Gasteiger partial charge in [0.1, 0.15) is 5.82 Å². The second-order valence-electron chi connectivity index (χ2n) is 4.47. The second-order valence-corrected chi connectivity index (χ2v) is 4.47. The third-order valence-electron chi connectivity index (χ3n) is 3.09. The molecule has 6 N–H and O–H groups in total. The van der Waals surface area contributed by atoms with E-state index >= 15 is 0 Å². The number of hydrogen-bond acceptors (Lipinski definition) is 4. The number of hydrogen-bond donors (Lipinski definition) is 4. The zero-order valence-corrected chi connectivity index (χ0v) is 10.4. The molecule has 0 fully saturated rings. The molecule has 100 valence electrons. The summed E-state index contributed by atoms with van der Waals surface area (Å²) in [7, 11) is 0. The van der Waals surface area contributed by atoms with Crippen molar-refractivity contribution in [3.8, 4) is 11.4 Å². The van der Waals surface area contributed by atoms with E-state index < -0.39 is 5.97 Å². The van der Waals surface area contributed by atoms with Gasteiger partial charge in [0.25, 0.3) is 0 Å². The number of anilines is 2. The number of aromatic amines is 1. The number of carboxylic acid groups (broad SMARTS) is 1. The highest BCUT2D eigenvalue weighted by Gasteiger charge is 2.09. The first-order valence-electron chi connectivity index (χ1n) is 5.93. The Hall–Kier alpha value is -3.02. The number of carbonyl (C=O) groups is 1. The highest BCUT2D eigenvalue weighted by molar-refractivity contribution is 5.93. The molecule has 0 saturated carbocycles. The van der Waals surface area contributed by atoms with Crippen LogP contribution in [0.5, 0.6) is 0 Å². The Morgan fingerprint density at radius 2 is 1.90 bits per heavy atom. The van der Waals surface area contributed by atoms with Crippen LogP contribution < -0.4 is 11.5 Å². The summed E-state index contributed by atoms with van der Waals surface area (Å²) < 4.78 is 0. The lowest BCUT2D eigenvalue weighted by molar-refractivity contribution is 0.0697. The van der Waals surface area contributed by atoms with Crippen molar-refractivity contribution in [3.63, 3.8) is 0 Å². The first-order valence-corrected chi connectivity index (χ1v) is 5.93. The van der Waals surface area contributed by atoms with Crippen LogP contribution >= 0.6 is 0 Å². The highest BCUT2D eigenvalue weighted by Crippen LogP contribution is 2.25. The molecule has 2 aromatic carbocycles. The van der Waals surface area contributed by atoms with Crippen LogP contribution in [0.2, 0.25) is 0 Å². The number of imidazole rings is 1. The third-order valence-corrected chi connectivity index (χ3v) is 3.09. The van der Waals surface area contributed by atoms with Crippen molar-refractivity contribution in [1.82, 2.24) is 9.97 Å². The van der Waals surface area contributed by atoms with E-state index in [0.29, 0.717) is 28.2 Å². The van der Waals surface area contributed by atoms with Gasteiger partial charge in [-0.1, -0.05) is 0 Å². The van der Waals surface area contributed by atoms with Gasteiger partial charge in [-0.2, -0.15) is 0 Å². The van der Waals surface area contributed by atoms with Crippen LogP contribution in [0.4, 0.5) is 11.4 Å². The van der Waals surface area contributed by atoms with Gasteiger partial charge >= 0.3 is 5.97 Å². The van der Waals surface area contributed by atoms with E-state index in [-0.39, 0.29) is 5.56 Å². The van der Waals surface area contributed by atoms with E-state index in [0.717, 1.165) is 5.56 Å². The molecule has 0 aliphatic rings. The quantitative estimate of drug-likeness (QED) is 0.531. The Balaban J connectivity index is 2.12. The molecule has 20 heavy (non-hydrogen) atoms. The Morgan fingerprint density at radius 3 is 2.60 bits per heavy atom. The molecule has 0 unspecified atom stereocenters. The minimum absolute atomic E-state index is 0.213. The maximum Gasteiger partial charge on any atom is 0.335 e. The van der Waals surface area contributed by atoms with Crippen molar-refractivity contribution < 1.29 is 9.90 Å². The molecule has 0 saturated heterocycles. The summed E-state index contributed by atoms with van der Waals surface area (Å²) in [5.74, 6) is -0.353. The van der Waals surface area contributed by atoms with Crippen molar-refractivity contribution in [1.29, 1.82) is 0 Å². The van der Waals surface area contributed by atoms with Gasteiger partial charge in [0.15, 0.2) is 0 Å². The largest absolute Gasteiger partial charge is 0.478 e. The number of benzene rings is 2. The van der Waals surface area contributed by atoms with E-state index in [1.807, 2.05) is 6.07 Å². The number of nitrogen functional groups attached to an aromatic ring is 2. The molecule has 3 aromatic rings. The van der Waals surface area contributed by atoms with Gasteiger partial charge in [0.2, 0.25) is 0 Å². The summed E-state index contributed by atoms with van der Waals surface area (Å²) in [6.45, 7) is 0. The van der Waals surface area contributed by atoms with Crippen LogP contribution in [0, 0.1) is 0 Å². The smallest absolute Gasteiger partial charge is 0.335 e. The molecule has 0 aliphatic heterocycles. The minimum atomic E-state index is -0.972. The summed E-state index contributed by atoms with van der Waals surface area (Å²) in [5.41, 5.74) is 14.8. The lowest BCUT2D eigenvalue weighted by atomic mass is 10.1. The summed E-state index contributed by atoms with van der Waals surface area (Å²) in [6.07, 6.45) is 0. The van der Waals surface area contributed by atoms with Crippen molar-refractivity contribution >= 4 is 28.4 Å². The van der Waals surface area contributed by atoms with Crippen molar-refractivity contribution in [2.45, 2.75) is 0 Å². The number of fused-ring (bicyclic) bond motifs is 1. The van der Waals surface area contributed by atoms with E-state index in [4.69, 9.17) is 16.6 Å². The van der Waals surface area contributed by atoms with Gasteiger partial charge in [0, 0.05) is 5.56 Å². The molecule has 0 spiro atoms. The fourth-order valence-electron chi connectivity index (χ4n) is 2.00. The first-order chi connectivity index (χ1) is 9.54. The molecule has 6 nitrogen and oxygen atoms in total. The fourth-order valence-corrected chi connectivity index (χ4v) is 2.00. The van der Waals surface area contributed by atoms with Crippen LogP contribution in [0.1, 0.15) is 10.4 Å². The Bertz CT molecular complexity index is 823. The predicted molar refractivity (Wildman–Crippen MR) is 77.3 cm³/mol. The van der Waals surface area contributed by atoms with Gasteiger partial charge in [-0.25, -0.2) is 9.78 Å². The normalized spacial score (nSPS) is 10.8. The lowest BCUT2D eigenvalue weighted by Crippen LogP contribution is -1.94. The number of carboxylic acids is 1. The van der Waals surface area contributed by atoms with Gasteiger partial charge in [0.05, 0.1) is 28.0 Å². The standard InChI is InChI=1S/C14H12N4O2/c15-9-3-1-7(5-10(9)16)13-17-11-4-2-8(14(19)20)6-12(11)18-13/h1-6H,15-16H2,(H,17,18)(H,19,20). The van der Waals surface area contributed by atoms with Crippen molar-refractivity contribution in [2.75, 3.05) is 11.5 Å². The predicted octanol–water partition coefficient (Wildman–Crippen LogP) is 2.09. The molecule has 6 heteroatoms. The van der Waals surface area contributed by atoms with Crippen LogP contribution in [0.3, 0.4) is 0 Å². The molecule has 1 heterocycles. The molecule has 0 atom stereocenters. The van der Waals surface area contributed by atoms with Gasteiger partial charge in [-0.05, 0) is 36.4 Å². The molecule has 0 bridgehead atoms. The monoisotopic (exact) mass is 268 g/mol. The van der Waals surface area contributed by atoms with Crippen molar-refractivity contribution in [3.05, 3.63) is 42.0 Å². The average molecular weight is 268 g/mol. The number of aromatic nitrogens is 2. The zero-order valence-electron chi connectivity index (χ0n) is 10.4. The molecule has 1 aromatic heterocycles. The number of aromatic carboxylic acids is 1. The molecular weight excluding hydrogens is 256 g/mol. The lowest BCUT2D eigenvalue weighted by Gasteiger charge is -2.01. The summed E-state index contributed by atoms with van der Waals surface area (Å²) in [4.78, 5) is 18.4. The number of nitrogens with one attached hydrogen (secondary N) is 1. The minimum Gasteiger partial charge on any atom is -0.478 e. The number of rotatable bonds is 2. The molecule has 0 amide bonds. The number of H-pyrrole nitrogens is 1. The third kappa shape index (κ3) is 1.93. The summed E-state index contributed by atoms with van der Waals surface area (Å²) in [6, 6.07) is 9.98. The van der Waals surface area contributed by atoms with E-state index in [1.54, 1.807) is 24.3 Å². The van der Waals surface area contributed by atoms with Crippen LogP contribution in [0.25, 0.3) is 22.4 Å². The molecular formula is C14H12N4O2. The zero-order chi connectivity index (χ0) is 14.3. The number of nitrogens with two attached hydrogens (primary N) is 2. The highest BCUT2D eigenvalue weighted by atomic mass is 16.4. The van der Waals surface area contributed by atoms with Gasteiger partial charge in [-0.15, -0.1) is 0 Å². The molecule has 0 aliphatic carbocycles. The van der Waals surface area contributed by atoms with Crippen LogP contribution in [-0.2, 0) is 0 Å². The molecule has 0 radical (unpaired) electrons. The SMILES string of the molecule is Nc1ccc(-c2nc3ccc(C(=O)O)cc3[nH]2)cc1N. The Morgan fingerprint density at radius 1 is 1.10 bits per heavy atom. The van der Waals surface area contributed by atoms with Crippen LogP contribution in [-0.4, -0.2) is 21.0 Å². The van der Waals surface area contributed by atoms with E-state index in [1.165, 1.54) is 6.07 Å². The molecule has 3 rings (SSSR count). The number of nitrogens with zero attached hydrogens (tertiary/aromatic N) is 1. The Labute approximate surface area is 114 Å². The van der Waals surface area contributed by atoms with Crippen molar-refractivity contribution in [2.24, 2.45) is 0 Å². The fraction of sp³-hybridized carbons (Fsp3) is 0. The van der Waals surface area contributed by atoms with E-state index in [2.05, 4.69) is 9.97 Å². The first kappa shape index (κ1) is 12.0. The maximum absolute atomic E-state index is 10.9. The van der Waals surface area contributed by atoms with Gasteiger partial charge in [-0.3, -0.25) is 0 Å². The summed E-state index contributed by atoms with van der Waals surface area (Å²) >= 11 is 0. The second kappa shape index (κ2) is 4.27. The topological polar surface area (TPSA) is 118 Å². The maximum atomic E-state index is 10.9.